The van der Waals surface area contributed by atoms with E-state index >= 15 is 0 Å². The van der Waals surface area contributed by atoms with Gasteiger partial charge in [0, 0.05) is 3.57 Å². The molecule has 1 heterocycles. The van der Waals surface area contributed by atoms with Crippen LogP contribution in [0.15, 0.2) is 82.6 Å². The molecule has 174 valence electrons. The highest BCUT2D eigenvalue weighted by Gasteiger charge is 2.35. The largest absolute Gasteiger partial charge is 0.493 e. The van der Waals surface area contributed by atoms with Crippen LogP contribution in [0.5, 0.6) is 11.5 Å². The summed E-state index contributed by atoms with van der Waals surface area (Å²) in [5.41, 5.74) is 1.33. The zero-order valence-electron chi connectivity index (χ0n) is 17.8. The third-order valence-corrected chi connectivity index (χ3v) is 7.72. The van der Waals surface area contributed by atoms with Crippen LogP contribution >= 0.6 is 34.4 Å². The molecule has 0 N–H and O–H groups in total. The molecule has 2 amide bonds. The van der Waals surface area contributed by atoms with E-state index < -0.39 is 16.0 Å². The number of carbonyl (C=O) groups is 2. The Labute approximate surface area is 215 Å². The molecule has 0 spiro atoms. The van der Waals surface area contributed by atoms with Crippen LogP contribution in [-0.2, 0) is 21.5 Å². The van der Waals surface area contributed by atoms with Gasteiger partial charge in [-0.1, -0.05) is 36.4 Å². The molecule has 0 aromatic heterocycles. The molecule has 0 bridgehead atoms. The maximum atomic E-state index is 12.9. The SMILES string of the molecule is COc1ccc(/C=C2\SC(=O)N(Cc3ccc(I)cc3)C2=O)cc1OS(=O)(=O)c1ccccc1. The Kier molecular flexibility index (Phi) is 7.29. The van der Waals surface area contributed by atoms with Crippen molar-refractivity contribution in [2.45, 2.75) is 11.4 Å². The van der Waals surface area contributed by atoms with E-state index in [9.17, 15) is 18.0 Å². The Morgan fingerprint density at radius 2 is 1.68 bits per heavy atom. The fraction of sp³-hybridized carbons (Fsp3) is 0.0833. The first-order chi connectivity index (χ1) is 16.3. The molecule has 0 aliphatic carbocycles. The summed E-state index contributed by atoms with van der Waals surface area (Å²) in [4.78, 5) is 26.8. The van der Waals surface area contributed by atoms with E-state index in [4.69, 9.17) is 8.92 Å². The van der Waals surface area contributed by atoms with Gasteiger partial charge in [0.25, 0.3) is 11.1 Å². The first kappa shape index (κ1) is 24.3. The number of hydrogen-bond acceptors (Lipinski definition) is 7. The average Bonchev–Trinajstić information content (AvgIpc) is 3.08. The van der Waals surface area contributed by atoms with Gasteiger partial charge in [-0.05, 0) is 88.0 Å². The van der Waals surface area contributed by atoms with E-state index in [-0.39, 0.29) is 33.1 Å². The smallest absolute Gasteiger partial charge is 0.339 e. The molecule has 1 saturated heterocycles. The van der Waals surface area contributed by atoms with E-state index in [2.05, 4.69) is 22.6 Å². The van der Waals surface area contributed by atoms with Crippen molar-refractivity contribution in [2.75, 3.05) is 7.11 Å². The van der Waals surface area contributed by atoms with E-state index in [0.29, 0.717) is 5.56 Å². The Hall–Kier alpha value is -2.83. The van der Waals surface area contributed by atoms with Crippen LogP contribution in [0.4, 0.5) is 4.79 Å². The molecule has 1 fully saturated rings. The quantitative estimate of drug-likeness (QED) is 0.205. The van der Waals surface area contributed by atoms with Crippen molar-refractivity contribution in [3.63, 3.8) is 0 Å². The lowest BCUT2D eigenvalue weighted by Gasteiger charge is -2.12. The van der Waals surface area contributed by atoms with Crippen molar-refractivity contribution in [3.8, 4) is 11.5 Å². The molecule has 3 aromatic carbocycles. The van der Waals surface area contributed by atoms with E-state index in [1.54, 1.807) is 24.3 Å². The van der Waals surface area contributed by atoms with Crippen LogP contribution in [0.2, 0.25) is 0 Å². The molecule has 0 atom stereocenters. The number of halogens is 1. The molecule has 0 saturated carbocycles. The minimum Gasteiger partial charge on any atom is -0.493 e. The molecule has 0 unspecified atom stereocenters. The highest BCUT2D eigenvalue weighted by atomic mass is 127. The zero-order valence-corrected chi connectivity index (χ0v) is 21.6. The Bertz CT molecular complexity index is 1370. The highest BCUT2D eigenvalue weighted by Crippen LogP contribution is 2.36. The summed E-state index contributed by atoms with van der Waals surface area (Å²) in [6, 6.07) is 19.9. The maximum Gasteiger partial charge on any atom is 0.339 e. The molecule has 3 aromatic rings. The van der Waals surface area contributed by atoms with Crippen molar-refractivity contribution >= 4 is 61.7 Å². The third kappa shape index (κ3) is 5.45. The van der Waals surface area contributed by atoms with Gasteiger partial charge in [0.05, 0.1) is 18.6 Å². The van der Waals surface area contributed by atoms with Gasteiger partial charge in [0.15, 0.2) is 11.5 Å². The summed E-state index contributed by atoms with van der Waals surface area (Å²) < 4.78 is 36.9. The maximum absolute atomic E-state index is 12.9. The van der Waals surface area contributed by atoms with Crippen molar-refractivity contribution in [1.29, 1.82) is 0 Å². The first-order valence-electron chi connectivity index (χ1n) is 9.94. The van der Waals surface area contributed by atoms with E-state index in [1.807, 2.05) is 24.3 Å². The van der Waals surface area contributed by atoms with Crippen molar-refractivity contribution in [1.82, 2.24) is 4.90 Å². The molecule has 1 aliphatic rings. The van der Waals surface area contributed by atoms with Gasteiger partial charge in [-0.25, -0.2) is 0 Å². The number of imide groups is 1. The number of thioether (sulfide) groups is 1. The van der Waals surface area contributed by atoms with Crippen LogP contribution in [0.25, 0.3) is 6.08 Å². The van der Waals surface area contributed by atoms with Gasteiger partial charge in [0.1, 0.15) is 4.90 Å². The van der Waals surface area contributed by atoms with Crippen molar-refractivity contribution in [2.24, 2.45) is 0 Å². The molecule has 4 rings (SSSR count). The van der Waals surface area contributed by atoms with Crippen molar-refractivity contribution in [3.05, 3.63) is 92.4 Å². The lowest BCUT2D eigenvalue weighted by Crippen LogP contribution is -2.27. The van der Waals surface area contributed by atoms with Gasteiger partial charge in [0.2, 0.25) is 0 Å². The second-order valence-electron chi connectivity index (χ2n) is 7.16. The first-order valence-corrected chi connectivity index (χ1v) is 13.2. The number of hydrogen-bond donors (Lipinski definition) is 0. The molecule has 7 nitrogen and oxygen atoms in total. The van der Waals surface area contributed by atoms with Gasteiger partial charge in [-0.3, -0.25) is 14.5 Å². The number of rotatable bonds is 7. The second-order valence-corrected chi connectivity index (χ2v) is 10.9. The van der Waals surface area contributed by atoms with E-state index in [1.165, 1.54) is 42.4 Å². The lowest BCUT2D eigenvalue weighted by atomic mass is 10.1. The predicted octanol–water partition coefficient (Wildman–Crippen LogP) is 5.30. The predicted molar refractivity (Wildman–Crippen MR) is 138 cm³/mol. The zero-order chi connectivity index (χ0) is 24.3. The minimum atomic E-state index is -4.09. The number of amides is 2. The topological polar surface area (TPSA) is 90.0 Å². The summed E-state index contributed by atoms with van der Waals surface area (Å²) >= 11 is 3.02. The Morgan fingerprint density at radius 1 is 0.971 bits per heavy atom. The number of nitrogens with zero attached hydrogens (tertiary/aromatic N) is 1. The Balaban J connectivity index is 1.59. The fourth-order valence-corrected chi connectivity index (χ4v) is 5.31. The average molecular weight is 607 g/mol. The number of benzene rings is 3. The standard InChI is InChI=1S/C24H18INO6S2/c1-31-20-12-9-17(13-21(20)32-34(29,30)19-5-3-2-4-6-19)14-22-23(27)26(24(28)33-22)15-16-7-10-18(25)11-8-16/h2-14H,15H2,1H3/b22-14-. The van der Waals surface area contributed by atoms with Crippen LogP contribution in [0.3, 0.4) is 0 Å². The van der Waals surface area contributed by atoms with Gasteiger partial charge < -0.3 is 8.92 Å². The summed E-state index contributed by atoms with van der Waals surface area (Å²) in [6.07, 6.45) is 1.53. The highest BCUT2D eigenvalue weighted by molar-refractivity contribution is 14.1. The number of methoxy groups -OCH3 is 1. The monoisotopic (exact) mass is 607 g/mol. The lowest BCUT2D eigenvalue weighted by molar-refractivity contribution is -0.123. The van der Waals surface area contributed by atoms with Crippen LogP contribution in [0, 0.1) is 3.57 Å². The Morgan fingerprint density at radius 3 is 2.35 bits per heavy atom. The molecule has 1 aliphatic heterocycles. The number of carbonyl (C=O) groups excluding carboxylic acids is 2. The van der Waals surface area contributed by atoms with Crippen molar-refractivity contribution < 1.29 is 26.9 Å². The molecular formula is C24H18INO6S2. The van der Waals surface area contributed by atoms with Crippen LogP contribution in [0.1, 0.15) is 11.1 Å². The second kappa shape index (κ2) is 10.2. The summed E-state index contributed by atoms with van der Waals surface area (Å²) in [7, 11) is -2.70. The molecular weight excluding hydrogens is 589 g/mol. The summed E-state index contributed by atoms with van der Waals surface area (Å²) in [5, 5.41) is -0.369. The third-order valence-electron chi connectivity index (χ3n) is 4.84. The normalized spacial score (nSPS) is 15.1. The minimum absolute atomic E-state index is 0.000764. The summed E-state index contributed by atoms with van der Waals surface area (Å²) in [5.74, 6) is -0.231. The van der Waals surface area contributed by atoms with Gasteiger partial charge in [-0.2, -0.15) is 8.42 Å². The van der Waals surface area contributed by atoms with Crippen LogP contribution in [-0.4, -0.2) is 31.6 Å². The summed E-state index contributed by atoms with van der Waals surface area (Å²) in [6.45, 7) is 0.172. The fourth-order valence-electron chi connectivity index (χ4n) is 3.16. The van der Waals surface area contributed by atoms with Gasteiger partial charge in [-0.15, -0.1) is 0 Å². The molecule has 0 radical (unpaired) electrons. The molecule has 34 heavy (non-hydrogen) atoms. The van der Waals surface area contributed by atoms with E-state index in [0.717, 1.165) is 20.9 Å². The van der Waals surface area contributed by atoms with Crippen LogP contribution < -0.4 is 8.92 Å². The number of ether oxygens (including phenoxy) is 1. The van der Waals surface area contributed by atoms with Gasteiger partial charge >= 0.3 is 10.1 Å². The molecule has 10 heteroatoms.